The van der Waals surface area contributed by atoms with Crippen LogP contribution in [0.2, 0.25) is 0 Å². The van der Waals surface area contributed by atoms with Crippen molar-refractivity contribution in [1.29, 1.82) is 21.0 Å². The lowest BCUT2D eigenvalue weighted by molar-refractivity contribution is 1.45. The molecule has 0 aromatic heterocycles. The molecule has 0 saturated carbocycles. The summed E-state index contributed by atoms with van der Waals surface area (Å²) >= 11 is 0. The van der Waals surface area contributed by atoms with Gasteiger partial charge in [0.05, 0.1) is 46.5 Å². The van der Waals surface area contributed by atoms with Crippen molar-refractivity contribution in [3.05, 3.63) is 180 Å². The molecule has 0 unspecified atom stereocenters. The normalized spacial score (nSPS) is 12.2. The van der Waals surface area contributed by atoms with E-state index in [0.717, 1.165) is 76.1 Å². The van der Waals surface area contributed by atoms with Crippen LogP contribution in [0.25, 0.3) is 152 Å². The van der Waals surface area contributed by atoms with Gasteiger partial charge in [-0.05, 0) is 165 Å². The Morgan fingerprint density at radius 2 is 0.530 bits per heavy atom. The van der Waals surface area contributed by atoms with E-state index in [1.165, 1.54) is 75.4 Å². The van der Waals surface area contributed by atoms with Gasteiger partial charge in [0.2, 0.25) is 0 Å². The van der Waals surface area contributed by atoms with Crippen molar-refractivity contribution in [3.63, 3.8) is 0 Å². The highest BCUT2D eigenvalue weighted by molar-refractivity contribution is 6.51. The Hall–Kier alpha value is -9.58. The van der Waals surface area contributed by atoms with Crippen LogP contribution in [0.1, 0.15) is 22.3 Å². The predicted octanol–water partition coefficient (Wildman–Crippen LogP) is 16.1. The first-order valence-electron chi connectivity index (χ1n) is 22.0. The van der Waals surface area contributed by atoms with Gasteiger partial charge in [-0.1, -0.05) is 133 Å². The van der Waals surface area contributed by atoms with Crippen LogP contribution < -0.4 is 0 Å². The van der Waals surface area contributed by atoms with Crippen molar-refractivity contribution in [3.8, 4) is 46.5 Å². The van der Waals surface area contributed by atoms with E-state index in [0.29, 0.717) is 22.3 Å². The number of nitriles is 4. The Morgan fingerprint density at radius 1 is 0.242 bits per heavy atom. The molecule has 15 rings (SSSR count). The summed E-state index contributed by atoms with van der Waals surface area (Å²) in [5, 5.41) is 69.5. The average Bonchev–Trinajstić information content (AvgIpc) is 3.89. The van der Waals surface area contributed by atoms with Gasteiger partial charge in [0.15, 0.2) is 0 Å². The molecule has 0 aliphatic heterocycles. The summed E-state index contributed by atoms with van der Waals surface area (Å²) in [5.74, 6) is 0. The van der Waals surface area contributed by atoms with Crippen molar-refractivity contribution in [2.45, 2.75) is 0 Å². The summed E-state index contributed by atoms with van der Waals surface area (Å²) in [7, 11) is 0. The van der Waals surface area contributed by atoms with Crippen molar-refractivity contribution < 1.29 is 0 Å². The Kier molecular flexibility index (Phi) is 6.41. The lowest BCUT2D eigenvalue weighted by atomic mass is 9.84. The molecule has 0 heterocycles. The van der Waals surface area contributed by atoms with Crippen molar-refractivity contribution in [2.24, 2.45) is 0 Å². The van der Waals surface area contributed by atoms with Crippen LogP contribution in [-0.4, -0.2) is 0 Å². The molecule has 4 heteroatoms. The fraction of sp³-hybridized carbons (Fsp3) is 0. The van der Waals surface area contributed by atoms with Crippen molar-refractivity contribution >= 4 is 129 Å². The lowest BCUT2D eigenvalue weighted by Crippen LogP contribution is -1.93. The maximum Gasteiger partial charge on any atom is 0.0998 e. The van der Waals surface area contributed by atoms with Gasteiger partial charge in [0.25, 0.3) is 0 Å². The highest BCUT2D eigenvalue weighted by atomic mass is 14.4. The second kappa shape index (κ2) is 12.1. The molecule has 15 aromatic carbocycles. The second-order valence-corrected chi connectivity index (χ2v) is 17.8. The van der Waals surface area contributed by atoms with E-state index < -0.39 is 0 Å². The molecule has 0 aliphatic rings. The molecule has 0 atom stereocenters. The predicted molar refractivity (Wildman–Crippen MR) is 271 cm³/mol. The van der Waals surface area contributed by atoms with Gasteiger partial charge in [0.1, 0.15) is 0 Å². The van der Waals surface area contributed by atoms with Crippen LogP contribution in [0.3, 0.4) is 0 Å². The molecule has 0 saturated heterocycles. The fourth-order valence-corrected chi connectivity index (χ4v) is 12.5. The zero-order chi connectivity index (χ0) is 43.7. The summed E-state index contributed by atoms with van der Waals surface area (Å²) in [4.78, 5) is 0. The van der Waals surface area contributed by atoms with E-state index in [1.54, 1.807) is 12.1 Å². The van der Waals surface area contributed by atoms with Gasteiger partial charge < -0.3 is 0 Å². The highest BCUT2D eigenvalue weighted by Gasteiger charge is 2.31. The molecule has 66 heavy (non-hydrogen) atoms. The monoisotopic (exact) mass is 826 g/mol. The number of hydrogen-bond donors (Lipinski definition) is 0. The zero-order valence-corrected chi connectivity index (χ0v) is 34.8. The number of fused-ring (bicyclic) bond motifs is 10. The third-order valence-corrected chi connectivity index (χ3v) is 14.9. The van der Waals surface area contributed by atoms with Crippen LogP contribution in [0.4, 0.5) is 0 Å². The molecular weight excluding hydrogens is 801 g/mol. The van der Waals surface area contributed by atoms with E-state index in [4.69, 9.17) is 0 Å². The van der Waals surface area contributed by atoms with Crippen LogP contribution in [0.5, 0.6) is 0 Å². The second-order valence-electron chi connectivity index (χ2n) is 17.8. The topological polar surface area (TPSA) is 95.2 Å². The van der Waals surface area contributed by atoms with Gasteiger partial charge in [-0.25, -0.2) is 0 Å². The summed E-state index contributed by atoms with van der Waals surface area (Å²) in [6.45, 7) is 0. The smallest absolute Gasteiger partial charge is 0.0998 e. The number of benzene rings is 13. The zero-order valence-electron chi connectivity index (χ0n) is 34.8. The van der Waals surface area contributed by atoms with Crippen LogP contribution >= 0.6 is 0 Å². The molecule has 0 radical (unpaired) electrons. The quantitative estimate of drug-likeness (QED) is 0.128. The average molecular weight is 827 g/mol. The molecule has 0 N–H and O–H groups in total. The summed E-state index contributed by atoms with van der Waals surface area (Å²) in [5.41, 5.74) is 5.01. The molecule has 0 fully saturated rings. The molecule has 0 aliphatic carbocycles. The number of nitrogens with zero attached hydrogens (tertiary/aromatic N) is 4. The minimum atomic E-state index is 0.416. The van der Waals surface area contributed by atoms with Crippen LogP contribution in [0, 0.1) is 45.3 Å². The first kappa shape index (κ1) is 34.9. The third kappa shape index (κ3) is 4.03. The molecule has 0 amide bonds. The lowest BCUT2D eigenvalue weighted by Gasteiger charge is -2.17. The Bertz CT molecular complexity index is 4390. The molecule has 15 aromatic rings. The van der Waals surface area contributed by atoms with Gasteiger partial charge in [0, 0.05) is 11.1 Å². The Labute approximate surface area is 375 Å². The Morgan fingerprint density at radius 3 is 0.833 bits per heavy atom. The van der Waals surface area contributed by atoms with E-state index in [2.05, 4.69) is 146 Å². The summed E-state index contributed by atoms with van der Waals surface area (Å²) < 4.78 is 0. The van der Waals surface area contributed by atoms with E-state index in [-0.39, 0.29) is 0 Å². The summed E-state index contributed by atoms with van der Waals surface area (Å²) in [6, 6.07) is 64.9. The SMILES string of the molecule is N#Cc1ccc(-c2c3c4ccc5c6cccc7cccc(c8ccc(c3c(-c3ccc(C#N)cc3C#N)c3c9ccc%10c%11cccc%12cccc(c%13ccc(c23)c9c%13%10)c%12%11)c4c58)c76)c(C#N)c1. The highest BCUT2D eigenvalue weighted by Crippen LogP contribution is 2.59. The maximum absolute atomic E-state index is 11.0. The van der Waals surface area contributed by atoms with Crippen LogP contribution in [0.15, 0.2) is 158 Å². The minimum Gasteiger partial charge on any atom is -0.192 e. The third-order valence-electron chi connectivity index (χ3n) is 14.9. The van der Waals surface area contributed by atoms with Gasteiger partial charge in [-0.2, -0.15) is 21.0 Å². The van der Waals surface area contributed by atoms with Gasteiger partial charge in [-0.3, -0.25) is 0 Å². The minimum absolute atomic E-state index is 0.416. The first-order valence-corrected chi connectivity index (χ1v) is 22.0. The molecule has 0 bridgehead atoms. The van der Waals surface area contributed by atoms with E-state index in [9.17, 15) is 21.0 Å². The van der Waals surface area contributed by atoms with Crippen molar-refractivity contribution in [1.82, 2.24) is 0 Å². The summed E-state index contributed by atoms with van der Waals surface area (Å²) in [6.07, 6.45) is 0. The number of rotatable bonds is 2. The molecular formula is C62H26N4. The van der Waals surface area contributed by atoms with Gasteiger partial charge >= 0.3 is 0 Å². The largest absolute Gasteiger partial charge is 0.192 e. The fourth-order valence-electron chi connectivity index (χ4n) is 12.5. The molecule has 294 valence electrons. The van der Waals surface area contributed by atoms with Crippen molar-refractivity contribution in [2.75, 3.05) is 0 Å². The van der Waals surface area contributed by atoms with E-state index >= 15 is 0 Å². The first-order chi connectivity index (χ1) is 32.6. The van der Waals surface area contributed by atoms with Gasteiger partial charge in [-0.15, -0.1) is 0 Å². The number of hydrogen-bond acceptors (Lipinski definition) is 4. The van der Waals surface area contributed by atoms with E-state index in [1.807, 2.05) is 24.3 Å². The molecule has 0 spiro atoms. The molecule has 4 nitrogen and oxygen atoms in total. The van der Waals surface area contributed by atoms with Crippen LogP contribution in [-0.2, 0) is 0 Å². The Balaban J connectivity index is 1.27. The maximum atomic E-state index is 11.0. The standard InChI is InChI=1S/C62H26N4/c63-27-31-13-15-37(35(25-31)29-65)57-59-47-21-17-43-39-9-1-5-33-6-2-10-40(51(33)39)44-18-22-48(55(47)53(43)44)60(59)58(38-16-14-32(28-64)26-36(38)30-66)62-50-24-20-46-42-12-4-8-34-7-3-11-41(52(34)42)45-19-23-49(61(57)62)56(50)54(45)46/h1-26H.